The van der Waals surface area contributed by atoms with Crippen LogP contribution in [0.25, 0.3) is 38.8 Å². The Bertz CT molecular complexity index is 3160. The fraction of sp³-hybridized carbons (Fsp3) is 0.333. The van der Waals surface area contributed by atoms with Crippen LogP contribution in [0.15, 0.2) is 121 Å². The van der Waals surface area contributed by atoms with E-state index in [0.29, 0.717) is 29.3 Å². The minimum absolute atomic E-state index is 0. The molecule has 0 N–H and O–H groups in total. The third-order valence-electron chi connectivity index (χ3n) is 13.7. The van der Waals surface area contributed by atoms with Crippen molar-refractivity contribution in [1.82, 2.24) is 9.55 Å². The molecule has 5 nitrogen and oxygen atoms in total. The molecule has 0 saturated heterocycles. The number of ether oxygens (including phenoxy) is 1. The molecule has 0 amide bonds. The van der Waals surface area contributed by atoms with Crippen LogP contribution in [0.2, 0.25) is 0 Å². The Morgan fingerprint density at radius 2 is 1.17 bits per heavy atom. The van der Waals surface area contributed by atoms with Gasteiger partial charge in [0.1, 0.15) is 5.82 Å². The predicted molar refractivity (Wildman–Crippen MR) is 288 cm³/mol. The van der Waals surface area contributed by atoms with Crippen molar-refractivity contribution >= 4 is 44.6 Å². The molecule has 1 aliphatic heterocycles. The summed E-state index contributed by atoms with van der Waals surface area (Å²) in [7, 11) is 0. The van der Waals surface area contributed by atoms with Gasteiger partial charge in [-0.15, -0.1) is 48.1 Å². The molecule has 2 aromatic heterocycles. The summed E-state index contributed by atoms with van der Waals surface area (Å²) in [6, 6.07) is 49.7. The van der Waals surface area contributed by atoms with Gasteiger partial charge in [0.2, 0.25) is 0 Å². The Kier molecular flexibility index (Phi) is 13.4. The molecule has 0 fully saturated rings. The summed E-state index contributed by atoms with van der Waals surface area (Å²) in [5.41, 5.74) is 16.7. The third-order valence-corrected chi connectivity index (χ3v) is 13.7. The fourth-order valence-electron chi connectivity index (χ4n) is 9.57. The first kappa shape index (κ1) is 49.8. The molecule has 6 aromatic carbocycles. The van der Waals surface area contributed by atoms with Gasteiger partial charge in [0.05, 0.1) is 0 Å². The number of hydrogen-bond donors (Lipinski definition) is 0. The Labute approximate surface area is 427 Å². The summed E-state index contributed by atoms with van der Waals surface area (Å²) in [5, 5.41) is 2.24. The number of hydrogen-bond acceptors (Lipinski definition) is 4. The summed E-state index contributed by atoms with van der Waals surface area (Å²) in [5.74, 6) is 3.24. The number of aromatic nitrogens is 2. The molecule has 0 aliphatic carbocycles. The second-order valence-corrected chi connectivity index (χ2v) is 23.0. The molecular formula is C63H69N4OPt-3. The molecule has 0 radical (unpaired) electrons. The number of benzene rings is 6. The number of anilines is 4. The predicted octanol–water partition coefficient (Wildman–Crippen LogP) is 17.9. The van der Waals surface area contributed by atoms with E-state index in [4.69, 9.17) is 9.72 Å². The van der Waals surface area contributed by atoms with E-state index < -0.39 is 0 Å². The molecule has 6 heteroatoms. The average molecular weight is 1090 g/mol. The van der Waals surface area contributed by atoms with Crippen LogP contribution >= 0.6 is 0 Å². The summed E-state index contributed by atoms with van der Waals surface area (Å²) >= 11 is 0. The average Bonchev–Trinajstić information content (AvgIpc) is 3.83. The Morgan fingerprint density at radius 3 is 1.83 bits per heavy atom. The number of fused-ring (bicyclic) bond motifs is 4. The van der Waals surface area contributed by atoms with Crippen molar-refractivity contribution < 1.29 is 25.8 Å². The first-order chi connectivity index (χ1) is 32.1. The minimum Gasteiger partial charge on any atom is -0.509 e. The second kappa shape index (κ2) is 18.6. The monoisotopic (exact) mass is 1090 g/mol. The molecule has 69 heavy (non-hydrogen) atoms. The summed E-state index contributed by atoms with van der Waals surface area (Å²) in [6.07, 6.45) is 1.94. The van der Waals surface area contributed by atoms with E-state index >= 15 is 0 Å². The van der Waals surface area contributed by atoms with E-state index in [1.807, 2.05) is 18.3 Å². The molecule has 0 saturated carbocycles. The van der Waals surface area contributed by atoms with Gasteiger partial charge in [-0.05, 0) is 126 Å². The molecule has 8 aromatic rings. The van der Waals surface area contributed by atoms with Crippen LogP contribution in [-0.4, -0.2) is 9.55 Å². The van der Waals surface area contributed by atoms with Gasteiger partial charge in [0.25, 0.3) is 0 Å². The fourth-order valence-corrected chi connectivity index (χ4v) is 9.57. The molecule has 0 bridgehead atoms. The van der Waals surface area contributed by atoms with Gasteiger partial charge in [0.15, 0.2) is 0 Å². The van der Waals surface area contributed by atoms with Crippen LogP contribution in [0.3, 0.4) is 0 Å². The third kappa shape index (κ3) is 9.66. The van der Waals surface area contributed by atoms with Crippen molar-refractivity contribution in [1.29, 1.82) is 0 Å². The molecule has 0 spiro atoms. The maximum absolute atomic E-state index is 6.79. The Hall–Kier alpha value is -5.64. The normalized spacial score (nSPS) is 13.3. The van der Waals surface area contributed by atoms with E-state index in [0.717, 1.165) is 50.4 Å². The van der Waals surface area contributed by atoms with Gasteiger partial charge < -0.3 is 19.1 Å². The van der Waals surface area contributed by atoms with Gasteiger partial charge >= 0.3 is 0 Å². The van der Waals surface area contributed by atoms with Crippen molar-refractivity contribution in [3.8, 4) is 28.4 Å². The van der Waals surface area contributed by atoms with Crippen LogP contribution in [0.1, 0.15) is 155 Å². The van der Waals surface area contributed by atoms with Gasteiger partial charge in [-0.2, -0.15) is 12.1 Å². The first-order valence-corrected chi connectivity index (χ1v) is 24.6. The van der Waals surface area contributed by atoms with Crippen molar-refractivity contribution in [2.75, 3.05) is 9.80 Å². The number of rotatable bonds is 9. The zero-order valence-electron chi connectivity index (χ0n) is 43.4. The molecule has 9 rings (SSSR count). The van der Waals surface area contributed by atoms with E-state index in [9.17, 15) is 0 Å². The smallest absolute Gasteiger partial charge is 0.135 e. The molecule has 3 heterocycles. The zero-order chi connectivity index (χ0) is 48.6. The standard InChI is InChI=1S/C63H69N4O.Pt/c1-39(2)43-30-53(40(3)4)60(54(31-43)41(5)6)42-22-25-51-52-26-24-50(37-57(52)67(56(51)32-42)59-35-46(28-29-64-59)63(13,14)15)68-49-21-17-20-48(36-49)66-38-65(47-19-16-18-44(33-47)61(7,8)9)55-27-23-45(34-58(55)66)62(10,11)12;/h16-35,38-41H,1-15H3;/q-3;. The van der Waals surface area contributed by atoms with Crippen LogP contribution < -0.4 is 14.5 Å². The SMILES string of the molecule is CC(C)c1cc(C(C)C)c(-c2ccc3c4ccc(Oc5[c-]c(N6[CH-]N(c7cccc(C(C)(C)C)c7)c7ccc(C(C)(C)C)cc76)ccc5)[c-]c4n(-c4cc(C(C)(C)C)ccn4)c3c2)c(C(C)C)c1.[Pt]. The molecule has 0 atom stereocenters. The summed E-state index contributed by atoms with van der Waals surface area (Å²) in [6.45, 7) is 36.4. The Balaban J connectivity index is 0.00000642. The van der Waals surface area contributed by atoms with Gasteiger partial charge in [-0.25, -0.2) is 4.98 Å². The number of nitrogens with zero attached hydrogens (tertiary/aromatic N) is 4. The molecular weight excluding hydrogens is 1020 g/mol. The van der Waals surface area contributed by atoms with Crippen molar-refractivity contribution in [3.63, 3.8) is 0 Å². The van der Waals surface area contributed by atoms with Crippen molar-refractivity contribution in [2.45, 2.75) is 138 Å². The van der Waals surface area contributed by atoms with Gasteiger partial charge in [-0.1, -0.05) is 152 Å². The van der Waals surface area contributed by atoms with Crippen molar-refractivity contribution in [2.24, 2.45) is 0 Å². The summed E-state index contributed by atoms with van der Waals surface area (Å²) < 4.78 is 9.08. The first-order valence-electron chi connectivity index (χ1n) is 24.6. The van der Waals surface area contributed by atoms with Crippen molar-refractivity contribution in [3.05, 3.63) is 174 Å². The minimum atomic E-state index is -0.0635. The maximum Gasteiger partial charge on any atom is 0.135 e. The zero-order valence-corrected chi connectivity index (χ0v) is 45.6. The number of pyridine rings is 1. The van der Waals surface area contributed by atoms with Crippen LogP contribution in [0, 0.1) is 18.8 Å². The second-order valence-electron chi connectivity index (χ2n) is 23.0. The largest absolute Gasteiger partial charge is 0.509 e. The maximum atomic E-state index is 6.79. The van der Waals surface area contributed by atoms with E-state index in [-0.39, 0.29) is 37.3 Å². The molecule has 360 valence electrons. The van der Waals surface area contributed by atoms with Crippen LogP contribution in [0.5, 0.6) is 11.5 Å². The molecule has 0 unspecified atom stereocenters. The van der Waals surface area contributed by atoms with Crippen LogP contribution in [0.4, 0.5) is 22.7 Å². The topological polar surface area (TPSA) is 33.5 Å². The quantitative estimate of drug-likeness (QED) is 0.135. The van der Waals surface area contributed by atoms with Crippen LogP contribution in [-0.2, 0) is 37.3 Å². The van der Waals surface area contributed by atoms with E-state index in [1.165, 1.54) is 44.5 Å². The Morgan fingerprint density at radius 1 is 0.551 bits per heavy atom. The van der Waals surface area contributed by atoms with Gasteiger partial charge in [0, 0.05) is 61.3 Å². The molecule has 1 aliphatic rings. The van der Waals surface area contributed by atoms with E-state index in [2.05, 4.69) is 240 Å². The van der Waals surface area contributed by atoms with E-state index in [1.54, 1.807) is 0 Å². The van der Waals surface area contributed by atoms with Gasteiger partial charge in [-0.3, -0.25) is 0 Å². The summed E-state index contributed by atoms with van der Waals surface area (Å²) in [4.78, 5) is 9.59.